The molecule has 0 unspecified atom stereocenters. The second-order valence-electron chi connectivity index (χ2n) is 5.29. The molecule has 0 radical (unpaired) electrons. The van der Waals surface area contributed by atoms with E-state index >= 15 is 0 Å². The lowest BCUT2D eigenvalue weighted by atomic mass is 10.2. The highest BCUT2D eigenvalue weighted by molar-refractivity contribution is 5.86. The molecule has 0 saturated carbocycles. The minimum absolute atomic E-state index is 0.589. The van der Waals surface area contributed by atoms with Gasteiger partial charge in [-0.25, -0.2) is 9.97 Å². The zero-order chi connectivity index (χ0) is 15.5. The lowest BCUT2D eigenvalue weighted by molar-refractivity contribution is 0.325. The van der Waals surface area contributed by atoms with Crippen molar-refractivity contribution >= 4 is 16.9 Å². The van der Waals surface area contributed by atoms with Crippen molar-refractivity contribution in [3.05, 3.63) is 42.4 Å². The van der Waals surface area contributed by atoms with E-state index in [-0.39, 0.29) is 0 Å². The summed E-state index contributed by atoms with van der Waals surface area (Å²) in [5.41, 5.74) is 2.06. The highest BCUT2D eigenvalue weighted by Crippen LogP contribution is 2.20. The van der Waals surface area contributed by atoms with Gasteiger partial charge in [-0.2, -0.15) is 5.10 Å². The number of hydrogen-bond donors (Lipinski definition) is 0. The van der Waals surface area contributed by atoms with E-state index in [4.69, 9.17) is 4.74 Å². The van der Waals surface area contributed by atoms with Gasteiger partial charge in [0.05, 0.1) is 18.1 Å². The Morgan fingerprint density at radius 3 is 2.73 bits per heavy atom. The van der Waals surface area contributed by atoms with E-state index in [1.54, 1.807) is 17.2 Å². The maximum absolute atomic E-state index is 5.76. The lowest BCUT2D eigenvalue weighted by Crippen LogP contribution is -2.24. The van der Waals surface area contributed by atoms with Crippen LogP contribution in [0.25, 0.3) is 11.0 Å². The number of anilines is 1. The Hall–Kier alpha value is -2.63. The molecule has 114 valence electrons. The van der Waals surface area contributed by atoms with E-state index in [2.05, 4.69) is 26.9 Å². The van der Waals surface area contributed by atoms with Crippen LogP contribution in [0.4, 0.5) is 5.82 Å². The molecule has 6 heteroatoms. The number of nitrogens with zero attached hydrogens (tertiary/aromatic N) is 5. The number of fused-ring (bicyclic) bond motifs is 1. The van der Waals surface area contributed by atoms with Gasteiger partial charge in [0.2, 0.25) is 0 Å². The molecule has 0 aliphatic heterocycles. The second-order valence-corrected chi connectivity index (χ2v) is 5.29. The number of ether oxygens (including phenoxy) is 1. The van der Waals surface area contributed by atoms with Crippen LogP contribution in [0.1, 0.15) is 5.56 Å². The van der Waals surface area contributed by atoms with Crippen LogP contribution in [0, 0.1) is 6.92 Å². The largest absolute Gasteiger partial charge is 0.492 e. The van der Waals surface area contributed by atoms with Crippen LogP contribution >= 0.6 is 0 Å². The van der Waals surface area contributed by atoms with Crippen LogP contribution in [0.3, 0.4) is 0 Å². The van der Waals surface area contributed by atoms with Crippen molar-refractivity contribution in [2.24, 2.45) is 7.05 Å². The molecule has 0 atom stereocenters. The first-order valence-corrected chi connectivity index (χ1v) is 7.18. The maximum Gasteiger partial charge on any atom is 0.163 e. The summed E-state index contributed by atoms with van der Waals surface area (Å²) >= 11 is 0. The summed E-state index contributed by atoms with van der Waals surface area (Å²) in [5, 5.41) is 5.18. The summed E-state index contributed by atoms with van der Waals surface area (Å²) in [5.74, 6) is 1.75. The number of rotatable bonds is 5. The van der Waals surface area contributed by atoms with Crippen molar-refractivity contribution in [3.63, 3.8) is 0 Å². The molecule has 6 nitrogen and oxygen atoms in total. The molecule has 3 rings (SSSR count). The molecule has 0 amide bonds. The standard InChI is InChI=1S/C16H19N5O/c1-12-4-6-13(7-5-12)22-9-8-20(2)15-14-10-19-21(3)16(14)18-11-17-15/h4-7,10-11H,8-9H2,1-3H3. The van der Waals surface area contributed by atoms with Crippen molar-refractivity contribution < 1.29 is 4.74 Å². The van der Waals surface area contributed by atoms with E-state index in [1.165, 1.54) is 5.56 Å². The van der Waals surface area contributed by atoms with Gasteiger partial charge in [0.15, 0.2) is 5.65 Å². The number of aromatic nitrogens is 4. The average Bonchev–Trinajstić information content (AvgIpc) is 2.91. The van der Waals surface area contributed by atoms with Gasteiger partial charge in [-0.15, -0.1) is 0 Å². The smallest absolute Gasteiger partial charge is 0.163 e. The molecule has 0 spiro atoms. The van der Waals surface area contributed by atoms with Crippen molar-refractivity contribution in [3.8, 4) is 5.75 Å². The molecule has 0 N–H and O–H groups in total. The molecule has 3 aromatic rings. The third kappa shape index (κ3) is 2.86. The second kappa shape index (κ2) is 6.01. The van der Waals surface area contributed by atoms with E-state index in [1.807, 2.05) is 38.4 Å². The van der Waals surface area contributed by atoms with Gasteiger partial charge in [-0.1, -0.05) is 17.7 Å². The van der Waals surface area contributed by atoms with E-state index in [9.17, 15) is 0 Å². The van der Waals surface area contributed by atoms with Crippen molar-refractivity contribution in [1.29, 1.82) is 0 Å². The van der Waals surface area contributed by atoms with Gasteiger partial charge in [-0.3, -0.25) is 4.68 Å². The molecule has 0 aliphatic carbocycles. The van der Waals surface area contributed by atoms with Gasteiger partial charge >= 0.3 is 0 Å². The molecule has 0 fully saturated rings. The minimum Gasteiger partial charge on any atom is -0.492 e. The first-order valence-electron chi connectivity index (χ1n) is 7.18. The Labute approximate surface area is 129 Å². The minimum atomic E-state index is 0.589. The summed E-state index contributed by atoms with van der Waals surface area (Å²) in [6, 6.07) is 8.06. The fraction of sp³-hybridized carbons (Fsp3) is 0.312. The Morgan fingerprint density at radius 2 is 1.95 bits per heavy atom. The van der Waals surface area contributed by atoms with Crippen LogP contribution in [0.15, 0.2) is 36.8 Å². The van der Waals surface area contributed by atoms with Gasteiger partial charge in [0.1, 0.15) is 24.5 Å². The molecule has 2 aromatic heterocycles. The summed E-state index contributed by atoms with van der Waals surface area (Å²) in [4.78, 5) is 10.7. The van der Waals surface area contributed by atoms with Crippen LogP contribution in [0.2, 0.25) is 0 Å². The third-order valence-electron chi connectivity index (χ3n) is 3.59. The zero-order valence-electron chi connectivity index (χ0n) is 13.0. The zero-order valence-corrected chi connectivity index (χ0v) is 13.0. The summed E-state index contributed by atoms with van der Waals surface area (Å²) in [6.45, 7) is 3.38. The summed E-state index contributed by atoms with van der Waals surface area (Å²) in [6.07, 6.45) is 3.36. The maximum atomic E-state index is 5.76. The van der Waals surface area contributed by atoms with Gasteiger partial charge < -0.3 is 9.64 Å². The topological polar surface area (TPSA) is 56.1 Å². The Morgan fingerprint density at radius 1 is 1.18 bits per heavy atom. The molecule has 0 bridgehead atoms. The van der Waals surface area contributed by atoms with Gasteiger partial charge in [0.25, 0.3) is 0 Å². The first kappa shape index (κ1) is 14.3. The highest BCUT2D eigenvalue weighted by atomic mass is 16.5. The van der Waals surface area contributed by atoms with Crippen LogP contribution < -0.4 is 9.64 Å². The molecule has 22 heavy (non-hydrogen) atoms. The van der Waals surface area contributed by atoms with Crippen molar-refractivity contribution in [2.45, 2.75) is 6.92 Å². The molecular weight excluding hydrogens is 278 g/mol. The predicted molar refractivity (Wildman–Crippen MR) is 86.2 cm³/mol. The van der Waals surface area contributed by atoms with Crippen molar-refractivity contribution in [2.75, 3.05) is 25.1 Å². The summed E-state index contributed by atoms with van der Waals surface area (Å²) < 4.78 is 7.51. The number of benzene rings is 1. The summed E-state index contributed by atoms with van der Waals surface area (Å²) in [7, 11) is 3.87. The molecule has 2 heterocycles. The van der Waals surface area contributed by atoms with Gasteiger partial charge in [-0.05, 0) is 19.1 Å². The third-order valence-corrected chi connectivity index (χ3v) is 3.59. The molecule has 0 aliphatic rings. The molecule has 0 saturated heterocycles. The normalized spacial score (nSPS) is 10.9. The lowest BCUT2D eigenvalue weighted by Gasteiger charge is -2.18. The molecule has 1 aromatic carbocycles. The number of hydrogen-bond acceptors (Lipinski definition) is 5. The van der Waals surface area contributed by atoms with Gasteiger partial charge in [0, 0.05) is 14.1 Å². The van der Waals surface area contributed by atoms with E-state index in [0.29, 0.717) is 6.61 Å². The van der Waals surface area contributed by atoms with E-state index in [0.717, 1.165) is 29.1 Å². The van der Waals surface area contributed by atoms with Crippen LogP contribution in [-0.4, -0.2) is 39.9 Å². The Kier molecular flexibility index (Phi) is 3.91. The number of aryl methyl sites for hydroxylation is 2. The molecular formula is C16H19N5O. The highest BCUT2D eigenvalue weighted by Gasteiger charge is 2.11. The monoisotopic (exact) mass is 297 g/mol. The fourth-order valence-corrected chi connectivity index (χ4v) is 2.29. The van der Waals surface area contributed by atoms with E-state index < -0.39 is 0 Å². The van der Waals surface area contributed by atoms with Crippen LogP contribution in [0.5, 0.6) is 5.75 Å². The van der Waals surface area contributed by atoms with Crippen LogP contribution in [-0.2, 0) is 7.05 Å². The predicted octanol–water partition coefficient (Wildman–Crippen LogP) is 2.19. The quantitative estimate of drug-likeness (QED) is 0.722. The SMILES string of the molecule is Cc1ccc(OCCN(C)c2ncnc3c2cnn3C)cc1. The number of likely N-dealkylation sites (N-methyl/N-ethyl adjacent to an activating group) is 1. The first-order chi connectivity index (χ1) is 10.6. The Balaban J connectivity index is 1.66. The average molecular weight is 297 g/mol. The fourth-order valence-electron chi connectivity index (χ4n) is 2.29. The Bertz CT molecular complexity index is 766. The van der Waals surface area contributed by atoms with Crippen molar-refractivity contribution in [1.82, 2.24) is 19.7 Å².